The first-order chi connectivity index (χ1) is 5.69. The van der Waals surface area contributed by atoms with E-state index in [1.54, 1.807) is 12.3 Å². The monoisotopic (exact) mass is 183 g/mol. The molecule has 0 aliphatic rings. The molecule has 0 aliphatic carbocycles. The van der Waals surface area contributed by atoms with Gasteiger partial charge in [0.25, 0.3) is 0 Å². The number of nitrogens with zero attached hydrogens (tertiary/aromatic N) is 1. The molecule has 12 heavy (non-hydrogen) atoms. The van der Waals surface area contributed by atoms with Gasteiger partial charge in [-0.25, -0.2) is 4.39 Å². The van der Waals surface area contributed by atoms with E-state index in [9.17, 15) is 9.50 Å². The van der Waals surface area contributed by atoms with Gasteiger partial charge in [0.1, 0.15) is 17.6 Å². The number of benzene rings is 1. The summed E-state index contributed by atoms with van der Waals surface area (Å²) in [5, 5.41) is 17.8. The standard InChI is InChI=1S/C8H6FNOS/c1-12-7-3-6(9)2-5(4-10)8(7)11/h2-3,11H,1H3. The molecule has 0 aliphatic heterocycles. The van der Waals surface area contributed by atoms with E-state index >= 15 is 0 Å². The Morgan fingerprint density at radius 2 is 2.25 bits per heavy atom. The molecule has 2 nitrogen and oxygen atoms in total. The topological polar surface area (TPSA) is 44.0 Å². The fourth-order valence-electron chi connectivity index (χ4n) is 0.815. The molecule has 0 unspecified atom stereocenters. The van der Waals surface area contributed by atoms with Crippen LogP contribution in [-0.2, 0) is 0 Å². The highest BCUT2D eigenvalue weighted by atomic mass is 32.2. The molecular formula is C8H6FNOS. The minimum Gasteiger partial charge on any atom is -0.505 e. The first kappa shape index (κ1) is 8.88. The van der Waals surface area contributed by atoms with Gasteiger partial charge in [-0.15, -0.1) is 11.8 Å². The van der Waals surface area contributed by atoms with Crippen molar-refractivity contribution >= 4 is 11.8 Å². The van der Waals surface area contributed by atoms with Crippen molar-refractivity contribution in [3.8, 4) is 11.8 Å². The number of phenols is 1. The smallest absolute Gasteiger partial charge is 0.147 e. The molecule has 62 valence electrons. The van der Waals surface area contributed by atoms with Crippen LogP contribution in [0, 0.1) is 17.1 Å². The quantitative estimate of drug-likeness (QED) is 0.678. The Kier molecular flexibility index (Phi) is 2.56. The molecule has 0 atom stereocenters. The average Bonchev–Trinajstić information content (AvgIpc) is 2.08. The van der Waals surface area contributed by atoms with Crippen molar-refractivity contribution in [1.29, 1.82) is 5.26 Å². The van der Waals surface area contributed by atoms with Crippen molar-refractivity contribution in [2.24, 2.45) is 0 Å². The largest absolute Gasteiger partial charge is 0.505 e. The summed E-state index contributed by atoms with van der Waals surface area (Å²) in [6.45, 7) is 0. The summed E-state index contributed by atoms with van der Waals surface area (Å²) < 4.78 is 12.7. The van der Waals surface area contributed by atoms with Crippen LogP contribution in [0.3, 0.4) is 0 Å². The summed E-state index contributed by atoms with van der Waals surface area (Å²) in [5.74, 6) is -0.653. The molecule has 1 rings (SSSR count). The van der Waals surface area contributed by atoms with Crippen LogP contribution >= 0.6 is 11.8 Å². The average molecular weight is 183 g/mol. The third kappa shape index (κ3) is 1.51. The number of aromatic hydroxyl groups is 1. The number of hydrogen-bond donors (Lipinski definition) is 1. The second-order valence-electron chi connectivity index (χ2n) is 2.12. The van der Waals surface area contributed by atoms with Crippen LogP contribution in [0.1, 0.15) is 5.56 Å². The highest BCUT2D eigenvalue weighted by molar-refractivity contribution is 7.98. The van der Waals surface area contributed by atoms with E-state index in [1.807, 2.05) is 0 Å². The van der Waals surface area contributed by atoms with Crippen molar-refractivity contribution in [3.63, 3.8) is 0 Å². The number of hydrogen-bond acceptors (Lipinski definition) is 3. The zero-order valence-electron chi connectivity index (χ0n) is 6.34. The Bertz CT molecular complexity index is 346. The molecule has 0 saturated carbocycles. The maximum atomic E-state index is 12.7. The summed E-state index contributed by atoms with van der Waals surface area (Å²) in [5.41, 5.74) is -0.0284. The van der Waals surface area contributed by atoms with Gasteiger partial charge in [-0.1, -0.05) is 0 Å². The van der Waals surface area contributed by atoms with Crippen LogP contribution in [0.4, 0.5) is 4.39 Å². The van der Waals surface area contributed by atoms with Gasteiger partial charge in [-0.05, 0) is 18.4 Å². The van der Waals surface area contributed by atoms with Crippen LogP contribution in [0.5, 0.6) is 5.75 Å². The number of rotatable bonds is 1. The maximum absolute atomic E-state index is 12.7. The van der Waals surface area contributed by atoms with E-state index < -0.39 is 5.82 Å². The Labute approximate surface area is 73.6 Å². The van der Waals surface area contributed by atoms with Gasteiger partial charge in [0.15, 0.2) is 0 Å². The second-order valence-corrected chi connectivity index (χ2v) is 2.96. The van der Waals surface area contributed by atoms with Crippen LogP contribution < -0.4 is 0 Å². The maximum Gasteiger partial charge on any atom is 0.147 e. The Morgan fingerprint density at radius 1 is 1.58 bits per heavy atom. The lowest BCUT2D eigenvalue weighted by Crippen LogP contribution is -1.83. The molecule has 0 heterocycles. The van der Waals surface area contributed by atoms with Gasteiger partial charge in [-0.2, -0.15) is 5.26 Å². The molecule has 1 N–H and O–H groups in total. The van der Waals surface area contributed by atoms with Crippen molar-refractivity contribution in [2.45, 2.75) is 4.90 Å². The molecule has 0 bridgehead atoms. The van der Waals surface area contributed by atoms with Crippen LogP contribution in [0.2, 0.25) is 0 Å². The van der Waals surface area contributed by atoms with E-state index in [0.29, 0.717) is 4.90 Å². The summed E-state index contributed by atoms with van der Waals surface area (Å²) >= 11 is 1.20. The number of phenolic OH excluding ortho intramolecular Hbond substituents is 1. The van der Waals surface area contributed by atoms with Gasteiger partial charge in [-0.3, -0.25) is 0 Å². The highest BCUT2D eigenvalue weighted by Crippen LogP contribution is 2.30. The lowest BCUT2D eigenvalue weighted by molar-refractivity contribution is 0.457. The minimum absolute atomic E-state index is 0.0284. The number of halogens is 1. The van der Waals surface area contributed by atoms with Gasteiger partial charge >= 0.3 is 0 Å². The molecule has 0 saturated heterocycles. The van der Waals surface area contributed by atoms with Gasteiger partial charge in [0.05, 0.1) is 10.5 Å². The van der Waals surface area contributed by atoms with Crippen molar-refractivity contribution in [3.05, 3.63) is 23.5 Å². The molecule has 0 radical (unpaired) electrons. The summed E-state index contributed by atoms with van der Waals surface area (Å²) in [7, 11) is 0. The fraction of sp³-hybridized carbons (Fsp3) is 0.125. The minimum atomic E-state index is -0.506. The SMILES string of the molecule is CSc1cc(F)cc(C#N)c1O. The van der Waals surface area contributed by atoms with Gasteiger partial charge in [0, 0.05) is 0 Å². The van der Waals surface area contributed by atoms with E-state index in [0.717, 1.165) is 6.07 Å². The zero-order valence-corrected chi connectivity index (χ0v) is 7.15. The predicted molar refractivity (Wildman–Crippen MR) is 44.6 cm³/mol. The molecule has 0 fully saturated rings. The highest BCUT2D eigenvalue weighted by Gasteiger charge is 2.08. The molecule has 1 aromatic carbocycles. The first-order valence-electron chi connectivity index (χ1n) is 3.15. The van der Waals surface area contributed by atoms with Gasteiger partial charge < -0.3 is 5.11 Å². The second kappa shape index (κ2) is 3.46. The predicted octanol–water partition coefficient (Wildman–Crippen LogP) is 2.12. The molecular weight excluding hydrogens is 177 g/mol. The van der Waals surface area contributed by atoms with E-state index in [4.69, 9.17) is 5.26 Å². The van der Waals surface area contributed by atoms with E-state index in [1.165, 1.54) is 17.8 Å². The zero-order chi connectivity index (χ0) is 9.14. The molecule has 1 aromatic rings. The first-order valence-corrected chi connectivity index (χ1v) is 4.38. The summed E-state index contributed by atoms with van der Waals surface area (Å²) in [6.07, 6.45) is 1.70. The number of thioether (sulfide) groups is 1. The lowest BCUT2D eigenvalue weighted by atomic mass is 10.2. The molecule has 4 heteroatoms. The molecule has 0 amide bonds. The van der Waals surface area contributed by atoms with Crippen molar-refractivity contribution in [2.75, 3.05) is 6.26 Å². The van der Waals surface area contributed by atoms with E-state index in [-0.39, 0.29) is 11.3 Å². The van der Waals surface area contributed by atoms with Crippen LogP contribution in [0.25, 0.3) is 0 Å². The Morgan fingerprint density at radius 3 is 2.75 bits per heavy atom. The van der Waals surface area contributed by atoms with Crippen molar-refractivity contribution < 1.29 is 9.50 Å². The third-order valence-corrected chi connectivity index (χ3v) is 2.13. The Hall–Kier alpha value is -1.21. The summed E-state index contributed by atoms with van der Waals surface area (Å²) in [6, 6.07) is 3.91. The lowest BCUT2D eigenvalue weighted by Gasteiger charge is -2.01. The van der Waals surface area contributed by atoms with Gasteiger partial charge in [0.2, 0.25) is 0 Å². The third-order valence-electron chi connectivity index (χ3n) is 1.38. The van der Waals surface area contributed by atoms with E-state index in [2.05, 4.69) is 0 Å². The summed E-state index contributed by atoms with van der Waals surface area (Å²) in [4.78, 5) is 0.381. The van der Waals surface area contributed by atoms with Crippen LogP contribution in [-0.4, -0.2) is 11.4 Å². The Balaban J connectivity index is 3.34. The fourth-order valence-corrected chi connectivity index (χ4v) is 1.35. The number of nitriles is 1. The normalized spacial score (nSPS) is 9.42. The van der Waals surface area contributed by atoms with Crippen molar-refractivity contribution in [1.82, 2.24) is 0 Å². The molecule has 0 aromatic heterocycles. The van der Waals surface area contributed by atoms with Crippen LogP contribution in [0.15, 0.2) is 17.0 Å². The molecule has 0 spiro atoms.